The van der Waals surface area contributed by atoms with Crippen molar-refractivity contribution in [2.24, 2.45) is 0 Å². The van der Waals surface area contributed by atoms with Gasteiger partial charge in [-0.25, -0.2) is 4.98 Å². The zero-order valence-electron chi connectivity index (χ0n) is 8.90. The SMILES string of the molecule is CC#CCOc1ccccc1-c1ncn[nH]1. The number of nitrogens with zero attached hydrogens (tertiary/aromatic N) is 2. The monoisotopic (exact) mass is 213 g/mol. The summed E-state index contributed by atoms with van der Waals surface area (Å²) in [5, 5.41) is 6.62. The molecular formula is C12H11N3O. The molecule has 0 saturated heterocycles. The molecule has 0 aliphatic carbocycles. The van der Waals surface area contributed by atoms with Crippen molar-refractivity contribution >= 4 is 0 Å². The minimum absolute atomic E-state index is 0.377. The van der Waals surface area contributed by atoms with Crippen LogP contribution in [0.2, 0.25) is 0 Å². The number of nitrogens with one attached hydrogen (secondary N) is 1. The molecule has 0 fully saturated rings. The second kappa shape index (κ2) is 4.99. The van der Waals surface area contributed by atoms with Gasteiger partial charge < -0.3 is 4.74 Å². The van der Waals surface area contributed by atoms with E-state index in [4.69, 9.17) is 4.74 Å². The maximum absolute atomic E-state index is 5.54. The minimum atomic E-state index is 0.377. The summed E-state index contributed by atoms with van der Waals surface area (Å²) in [5.74, 6) is 7.08. The van der Waals surface area contributed by atoms with Crippen LogP contribution in [0.25, 0.3) is 11.4 Å². The number of H-pyrrole nitrogens is 1. The number of aromatic amines is 1. The van der Waals surface area contributed by atoms with Gasteiger partial charge in [-0.05, 0) is 19.1 Å². The maximum Gasteiger partial charge on any atom is 0.159 e. The molecule has 2 aromatic rings. The topological polar surface area (TPSA) is 50.8 Å². The number of aromatic nitrogens is 3. The van der Waals surface area contributed by atoms with Crippen LogP contribution in [0.15, 0.2) is 30.6 Å². The number of ether oxygens (including phenoxy) is 1. The zero-order valence-corrected chi connectivity index (χ0v) is 8.90. The Hall–Kier alpha value is -2.28. The summed E-state index contributed by atoms with van der Waals surface area (Å²) in [7, 11) is 0. The van der Waals surface area contributed by atoms with Gasteiger partial charge in [-0.15, -0.1) is 5.92 Å². The first-order chi connectivity index (χ1) is 7.92. The maximum atomic E-state index is 5.54. The largest absolute Gasteiger partial charge is 0.480 e. The van der Waals surface area contributed by atoms with Gasteiger partial charge in [0.15, 0.2) is 5.82 Å². The van der Waals surface area contributed by atoms with E-state index in [-0.39, 0.29) is 0 Å². The van der Waals surface area contributed by atoms with Gasteiger partial charge in [0.2, 0.25) is 0 Å². The van der Waals surface area contributed by atoms with E-state index in [9.17, 15) is 0 Å². The van der Waals surface area contributed by atoms with Crippen molar-refractivity contribution < 1.29 is 4.74 Å². The lowest BCUT2D eigenvalue weighted by Gasteiger charge is -2.06. The molecule has 1 N–H and O–H groups in total. The summed E-state index contributed by atoms with van der Waals surface area (Å²) >= 11 is 0. The molecule has 1 heterocycles. The van der Waals surface area contributed by atoms with E-state index < -0.39 is 0 Å². The molecule has 0 radical (unpaired) electrons. The van der Waals surface area contributed by atoms with Crippen molar-refractivity contribution in [3.63, 3.8) is 0 Å². The fraction of sp³-hybridized carbons (Fsp3) is 0.167. The minimum Gasteiger partial charge on any atom is -0.480 e. The van der Waals surface area contributed by atoms with E-state index >= 15 is 0 Å². The molecule has 0 saturated carbocycles. The molecule has 0 atom stereocenters. The molecule has 0 aliphatic heterocycles. The van der Waals surface area contributed by atoms with Crippen molar-refractivity contribution in [2.45, 2.75) is 6.92 Å². The molecule has 80 valence electrons. The Labute approximate surface area is 93.7 Å². The van der Waals surface area contributed by atoms with Crippen molar-refractivity contribution in [2.75, 3.05) is 6.61 Å². The van der Waals surface area contributed by atoms with E-state index in [0.717, 1.165) is 11.3 Å². The van der Waals surface area contributed by atoms with Gasteiger partial charge in [0.05, 0.1) is 5.56 Å². The highest BCUT2D eigenvalue weighted by Crippen LogP contribution is 2.26. The van der Waals surface area contributed by atoms with Crippen LogP contribution in [0.3, 0.4) is 0 Å². The summed E-state index contributed by atoms with van der Waals surface area (Å²) < 4.78 is 5.54. The highest BCUT2D eigenvalue weighted by Gasteiger charge is 2.07. The van der Waals surface area contributed by atoms with Crippen LogP contribution in [0.1, 0.15) is 6.92 Å². The third kappa shape index (κ3) is 2.20. The highest BCUT2D eigenvalue weighted by molar-refractivity contribution is 5.63. The normalized spacial score (nSPS) is 9.31. The van der Waals surface area contributed by atoms with Gasteiger partial charge in [0.25, 0.3) is 0 Å². The van der Waals surface area contributed by atoms with Crippen LogP contribution in [-0.4, -0.2) is 21.8 Å². The molecule has 4 nitrogen and oxygen atoms in total. The van der Waals surface area contributed by atoms with Crippen LogP contribution in [0.5, 0.6) is 5.75 Å². The van der Waals surface area contributed by atoms with Crippen LogP contribution in [0, 0.1) is 11.8 Å². The first kappa shape index (κ1) is 10.2. The molecule has 2 rings (SSSR count). The van der Waals surface area contributed by atoms with Crippen LogP contribution >= 0.6 is 0 Å². The summed E-state index contributed by atoms with van der Waals surface area (Å²) in [6.07, 6.45) is 1.47. The van der Waals surface area contributed by atoms with Gasteiger partial charge in [-0.3, -0.25) is 5.10 Å². The van der Waals surface area contributed by atoms with Crippen LogP contribution < -0.4 is 4.74 Å². The van der Waals surface area contributed by atoms with Gasteiger partial charge in [-0.2, -0.15) is 5.10 Å². The smallest absolute Gasteiger partial charge is 0.159 e. The van der Waals surface area contributed by atoms with Crippen LogP contribution in [0.4, 0.5) is 0 Å². The second-order valence-corrected chi connectivity index (χ2v) is 3.05. The first-order valence-electron chi connectivity index (χ1n) is 4.89. The molecule has 0 bridgehead atoms. The lowest BCUT2D eigenvalue weighted by Crippen LogP contribution is -1.96. The van der Waals surface area contributed by atoms with Crippen molar-refractivity contribution in [1.82, 2.24) is 15.2 Å². The zero-order chi connectivity index (χ0) is 11.2. The fourth-order valence-corrected chi connectivity index (χ4v) is 1.31. The van der Waals surface area contributed by atoms with Crippen LogP contribution in [-0.2, 0) is 0 Å². The Kier molecular flexibility index (Phi) is 3.19. The van der Waals surface area contributed by atoms with Gasteiger partial charge in [-0.1, -0.05) is 18.1 Å². The van der Waals surface area contributed by atoms with Crippen molar-refractivity contribution in [3.05, 3.63) is 30.6 Å². The standard InChI is InChI=1S/C12H11N3O/c1-2-3-8-16-11-7-5-4-6-10(11)12-13-9-14-15-12/h4-7,9H,8H2,1H3,(H,13,14,15). The summed E-state index contributed by atoms with van der Waals surface area (Å²) in [6, 6.07) is 7.65. The Morgan fingerprint density at radius 3 is 3.00 bits per heavy atom. The molecule has 0 amide bonds. The van der Waals surface area contributed by atoms with E-state index in [0.29, 0.717) is 12.4 Å². The average Bonchev–Trinajstić information content (AvgIpc) is 2.83. The van der Waals surface area contributed by atoms with Gasteiger partial charge >= 0.3 is 0 Å². The van der Waals surface area contributed by atoms with Crippen molar-refractivity contribution in [3.8, 4) is 29.0 Å². The van der Waals surface area contributed by atoms with E-state index in [1.165, 1.54) is 6.33 Å². The predicted molar refractivity (Wildman–Crippen MR) is 60.8 cm³/mol. The summed E-state index contributed by atoms with van der Waals surface area (Å²) in [5.41, 5.74) is 0.887. The molecule has 4 heteroatoms. The van der Waals surface area contributed by atoms with Gasteiger partial charge in [0, 0.05) is 0 Å². The number of hydrogen-bond acceptors (Lipinski definition) is 3. The Balaban J connectivity index is 2.26. The van der Waals surface area contributed by atoms with Gasteiger partial charge in [0.1, 0.15) is 18.7 Å². The Bertz CT molecular complexity index is 509. The molecule has 0 aliphatic rings. The van der Waals surface area contributed by atoms with E-state index in [2.05, 4.69) is 27.0 Å². The number of rotatable bonds is 3. The molecule has 1 aromatic heterocycles. The average molecular weight is 213 g/mol. The summed E-state index contributed by atoms with van der Waals surface area (Å²) in [4.78, 5) is 4.09. The van der Waals surface area contributed by atoms with E-state index in [1.807, 2.05) is 24.3 Å². The lowest BCUT2D eigenvalue weighted by molar-refractivity contribution is 0.371. The first-order valence-corrected chi connectivity index (χ1v) is 4.89. The molecule has 0 unspecified atom stereocenters. The van der Waals surface area contributed by atoms with E-state index in [1.54, 1.807) is 6.92 Å². The number of benzene rings is 1. The quantitative estimate of drug-likeness (QED) is 0.792. The molecule has 0 spiro atoms. The van der Waals surface area contributed by atoms with Crippen molar-refractivity contribution in [1.29, 1.82) is 0 Å². The second-order valence-electron chi connectivity index (χ2n) is 3.05. The lowest BCUT2D eigenvalue weighted by atomic mass is 10.2. The molecule has 1 aromatic carbocycles. The third-order valence-electron chi connectivity index (χ3n) is 2.03. The summed E-state index contributed by atoms with van der Waals surface area (Å²) in [6.45, 7) is 2.16. The fourth-order valence-electron chi connectivity index (χ4n) is 1.31. The number of hydrogen-bond donors (Lipinski definition) is 1. The highest BCUT2D eigenvalue weighted by atomic mass is 16.5. The number of para-hydroxylation sites is 1. The predicted octanol–water partition coefficient (Wildman–Crippen LogP) is 1.87. The Morgan fingerprint density at radius 1 is 1.38 bits per heavy atom. The Morgan fingerprint density at radius 2 is 2.25 bits per heavy atom. The molecular weight excluding hydrogens is 202 g/mol. The molecule has 16 heavy (non-hydrogen) atoms. The third-order valence-corrected chi connectivity index (χ3v) is 2.03.